The minimum atomic E-state index is -0.220. The van der Waals surface area contributed by atoms with Crippen molar-refractivity contribution >= 4 is 27.5 Å². The van der Waals surface area contributed by atoms with Gasteiger partial charge in [0.05, 0.1) is 5.38 Å². The van der Waals surface area contributed by atoms with E-state index in [1.54, 1.807) is 6.07 Å². The fraction of sp³-hybridized carbons (Fsp3) is 0.200. The molecule has 0 aliphatic rings. The molecule has 0 nitrogen and oxygen atoms in total. The van der Waals surface area contributed by atoms with Crippen LogP contribution in [-0.4, -0.2) is 0 Å². The predicted molar refractivity (Wildman–Crippen MR) is 77.6 cm³/mol. The van der Waals surface area contributed by atoms with Crippen LogP contribution in [0.3, 0.4) is 0 Å². The van der Waals surface area contributed by atoms with Gasteiger partial charge in [0.15, 0.2) is 0 Å². The van der Waals surface area contributed by atoms with Crippen molar-refractivity contribution in [2.45, 2.75) is 18.7 Å². The van der Waals surface area contributed by atoms with Crippen molar-refractivity contribution in [1.29, 1.82) is 0 Å². The van der Waals surface area contributed by atoms with Crippen LogP contribution in [-0.2, 0) is 6.42 Å². The third-order valence-electron chi connectivity index (χ3n) is 2.88. The average Bonchev–Trinajstić information content (AvgIpc) is 2.32. The number of hydrogen-bond acceptors (Lipinski definition) is 0. The molecule has 0 saturated heterocycles. The zero-order valence-corrected chi connectivity index (χ0v) is 12.3. The van der Waals surface area contributed by atoms with Crippen LogP contribution in [0.15, 0.2) is 46.9 Å². The van der Waals surface area contributed by atoms with Gasteiger partial charge in [-0.3, -0.25) is 0 Å². The minimum Gasteiger partial charge on any atom is -0.207 e. The molecule has 0 heterocycles. The number of hydrogen-bond donors (Lipinski definition) is 0. The zero-order chi connectivity index (χ0) is 13.1. The van der Waals surface area contributed by atoms with E-state index in [9.17, 15) is 4.39 Å². The lowest BCUT2D eigenvalue weighted by Gasteiger charge is -2.13. The van der Waals surface area contributed by atoms with Crippen molar-refractivity contribution in [3.8, 4) is 0 Å². The second-order valence-corrected chi connectivity index (χ2v) is 5.74. The summed E-state index contributed by atoms with van der Waals surface area (Å²) in [6, 6.07) is 12.6. The van der Waals surface area contributed by atoms with Crippen LogP contribution >= 0.6 is 27.5 Å². The zero-order valence-electron chi connectivity index (χ0n) is 9.96. The van der Waals surface area contributed by atoms with Gasteiger partial charge in [-0.25, -0.2) is 4.39 Å². The molecule has 2 aromatic rings. The van der Waals surface area contributed by atoms with Crippen LogP contribution in [0.2, 0.25) is 0 Å². The summed E-state index contributed by atoms with van der Waals surface area (Å²) in [6.07, 6.45) is 0.622. The molecule has 18 heavy (non-hydrogen) atoms. The van der Waals surface area contributed by atoms with Gasteiger partial charge in [-0.15, -0.1) is 11.6 Å². The van der Waals surface area contributed by atoms with Gasteiger partial charge >= 0.3 is 0 Å². The van der Waals surface area contributed by atoms with Crippen molar-refractivity contribution in [2.75, 3.05) is 0 Å². The van der Waals surface area contributed by atoms with E-state index in [0.29, 0.717) is 6.42 Å². The van der Waals surface area contributed by atoms with E-state index in [2.05, 4.69) is 15.9 Å². The molecule has 0 amide bonds. The fourth-order valence-electron chi connectivity index (χ4n) is 1.93. The first kappa shape index (κ1) is 13.6. The molecule has 1 atom stereocenters. The molecular weight excluding hydrogens is 315 g/mol. The molecule has 0 fully saturated rings. The summed E-state index contributed by atoms with van der Waals surface area (Å²) in [5.41, 5.74) is 3.14. The highest BCUT2D eigenvalue weighted by atomic mass is 79.9. The summed E-state index contributed by atoms with van der Waals surface area (Å²) >= 11 is 9.87. The second-order valence-electron chi connectivity index (χ2n) is 4.30. The second kappa shape index (κ2) is 5.85. The van der Waals surface area contributed by atoms with Crippen LogP contribution in [0.4, 0.5) is 4.39 Å². The van der Waals surface area contributed by atoms with E-state index in [0.717, 1.165) is 21.2 Å². The molecule has 0 aliphatic carbocycles. The number of aryl methyl sites for hydroxylation is 1. The molecule has 0 saturated carbocycles. The lowest BCUT2D eigenvalue weighted by Crippen LogP contribution is -1.99. The summed E-state index contributed by atoms with van der Waals surface area (Å²) < 4.78 is 14.1. The summed E-state index contributed by atoms with van der Waals surface area (Å²) in [5.74, 6) is -0.220. The number of alkyl halides is 1. The van der Waals surface area contributed by atoms with Crippen molar-refractivity contribution < 1.29 is 4.39 Å². The lowest BCUT2D eigenvalue weighted by atomic mass is 10.00. The quantitative estimate of drug-likeness (QED) is 0.660. The van der Waals surface area contributed by atoms with Gasteiger partial charge in [-0.05, 0) is 54.3 Å². The number of rotatable bonds is 3. The molecule has 94 valence electrons. The van der Waals surface area contributed by atoms with Crippen molar-refractivity contribution in [3.63, 3.8) is 0 Å². The molecule has 2 rings (SSSR count). The standard InChI is InChI=1S/C15H13BrClF/c1-10-5-6-12(16)9-14(10)15(17)8-11-3-2-4-13(18)7-11/h2-7,9,15H,8H2,1H3. The van der Waals surface area contributed by atoms with E-state index >= 15 is 0 Å². The molecule has 2 aromatic carbocycles. The summed E-state index contributed by atoms with van der Waals surface area (Å²) in [6.45, 7) is 2.03. The number of halogens is 3. The maximum Gasteiger partial charge on any atom is 0.123 e. The third-order valence-corrected chi connectivity index (χ3v) is 3.77. The van der Waals surface area contributed by atoms with E-state index in [4.69, 9.17) is 11.6 Å². The minimum absolute atomic E-state index is 0.149. The highest BCUT2D eigenvalue weighted by Gasteiger charge is 2.12. The van der Waals surface area contributed by atoms with Gasteiger partial charge < -0.3 is 0 Å². The van der Waals surface area contributed by atoms with Crippen molar-refractivity contribution in [2.24, 2.45) is 0 Å². The van der Waals surface area contributed by atoms with Gasteiger partial charge in [0, 0.05) is 4.47 Å². The first-order valence-corrected chi connectivity index (χ1v) is 6.94. The Bertz CT molecular complexity index is 554. The van der Waals surface area contributed by atoms with E-state index in [-0.39, 0.29) is 11.2 Å². The first-order chi connectivity index (χ1) is 8.56. The van der Waals surface area contributed by atoms with Crippen LogP contribution < -0.4 is 0 Å². The Kier molecular flexibility index (Phi) is 4.41. The smallest absolute Gasteiger partial charge is 0.123 e. The largest absolute Gasteiger partial charge is 0.207 e. The normalized spacial score (nSPS) is 12.4. The number of benzene rings is 2. The molecule has 3 heteroatoms. The van der Waals surface area contributed by atoms with Gasteiger partial charge in [0.25, 0.3) is 0 Å². The average molecular weight is 328 g/mol. The monoisotopic (exact) mass is 326 g/mol. The van der Waals surface area contributed by atoms with Crippen LogP contribution in [0.1, 0.15) is 22.1 Å². The molecule has 0 N–H and O–H groups in total. The Morgan fingerprint density at radius 3 is 2.72 bits per heavy atom. The molecule has 0 spiro atoms. The molecule has 0 aromatic heterocycles. The van der Waals surface area contributed by atoms with Crippen LogP contribution in [0.5, 0.6) is 0 Å². The summed E-state index contributed by atoms with van der Waals surface area (Å²) in [5, 5.41) is -0.149. The molecule has 0 aliphatic heterocycles. The van der Waals surface area contributed by atoms with E-state index in [1.807, 2.05) is 31.2 Å². The predicted octanol–water partition coefficient (Wildman–Crippen LogP) is 5.42. The maximum absolute atomic E-state index is 13.1. The van der Waals surface area contributed by atoms with Crippen LogP contribution in [0, 0.1) is 12.7 Å². The highest BCUT2D eigenvalue weighted by Crippen LogP contribution is 2.30. The Hall–Kier alpha value is -0.860. The van der Waals surface area contributed by atoms with Gasteiger partial charge in [0.1, 0.15) is 5.82 Å². The van der Waals surface area contributed by atoms with Crippen LogP contribution in [0.25, 0.3) is 0 Å². The van der Waals surface area contributed by atoms with Crippen molar-refractivity contribution in [3.05, 3.63) is 69.4 Å². The lowest BCUT2D eigenvalue weighted by molar-refractivity contribution is 0.625. The Balaban J connectivity index is 2.21. The summed E-state index contributed by atoms with van der Waals surface area (Å²) in [4.78, 5) is 0. The maximum atomic E-state index is 13.1. The fourth-order valence-corrected chi connectivity index (χ4v) is 2.72. The molecule has 0 bridgehead atoms. The first-order valence-electron chi connectivity index (χ1n) is 5.71. The SMILES string of the molecule is Cc1ccc(Br)cc1C(Cl)Cc1cccc(F)c1. The topological polar surface area (TPSA) is 0 Å². The Morgan fingerprint density at radius 2 is 2.00 bits per heavy atom. The van der Waals surface area contributed by atoms with Gasteiger partial charge in [-0.2, -0.15) is 0 Å². The van der Waals surface area contributed by atoms with Gasteiger partial charge in [-0.1, -0.05) is 34.1 Å². The highest BCUT2D eigenvalue weighted by molar-refractivity contribution is 9.10. The Labute approximate surface area is 120 Å². The molecule has 1 unspecified atom stereocenters. The third kappa shape index (κ3) is 3.33. The van der Waals surface area contributed by atoms with Crippen molar-refractivity contribution in [1.82, 2.24) is 0 Å². The summed E-state index contributed by atoms with van der Waals surface area (Å²) in [7, 11) is 0. The Morgan fingerprint density at radius 1 is 1.22 bits per heavy atom. The van der Waals surface area contributed by atoms with Gasteiger partial charge in [0.2, 0.25) is 0 Å². The van der Waals surface area contributed by atoms with E-state index in [1.165, 1.54) is 12.1 Å². The van der Waals surface area contributed by atoms with E-state index < -0.39 is 0 Å². The molecule has 0 radical (unpaired) electrons. The molecular formula is C15H13BrClF.